The van der Waals surface area contributed by atoms with Crippen LogP contribution in [-0.4, -0.2) is 36.7 Å². The molecule has 0 bridgehead atoms. The molecule has 1 atom stereocenters. The largest absolute Gasteiger partial charge is 0.624 e. The Morgan fingerprint density at radius 2 is 1.50 bits per heavy atom. The van der Waals surface area contributed by atoms with E-state index in [1.807, 2.05) is 53.6 Å². The monoisotopic (exact) mass is 525 g/mol. The Hall–Kier alpha value is -3.40. The molecular formula is C32H39N3O2Si. The predicted octanol–water partition coefficient (Wildman–Crippen LogP) is 7.44. The van der Waals surface area contributed by atoms with E-state index in [1.165, 1.54) is 12.2 Å². The lowest BCUT2D eigenvalue weighted by molar-refractivity contribution is -0.416. The summed E-state index contributed by atoms with van der Waals surface area (Å²) < 4.78 is 0.899. The Morgan fingerprint density at radius 1 is 0.947 bits per heavy atom. The maximum absolute atomic E-state index is 12.6. The summed E-state index contributed by atoms with van der Waals surface area (Å²) in [5.74, 6) is 0.600. The molecule has 1 aromatic rings. The van der Waals surface area contributed by atoms with Gasteiger partial charge >= 0.3 is 0 Å². The van der Waals surface area contributed by atoms with E-state index in [4.69, 9.17) is 11.4 Å². The third kappa shape index (κ3) is 4.66. The first-order valence-electron chi connectivity index (χ1n) is 13.1. The highest BCUT2D eigenvalue weighted by molar-refractivity contribution is 6.93. The number of hydrogen-bond donors (Lipinski definition) is 0. The van der Waals surface area contributed by atoms with Crippen molar-refractivity contribution in [1.29, 1.82) is 0 Å². The number of hydrogen-bond acceptors (Lipinski definition) is 3. The SMILES string of the molecule is [C-]#[N+]C1=C(c2ccccc2)ON(C(C)(C)C)C1c1c2cccccc-2c(/C=[N+](/C)[O-])c1[Si](C)(C)C(C)(C)C. The van der Waals surface area contributed by atoms with E-state index in [2.05, 4.69) is 71.6 Å². The van der Waals surface area contributed by atoms with Gasteiger partial charge in [-0.05, 0) is 47.7 Å². The Balaban J connectivity index is 2.21. The summed E-state index contributed by atoms with van der Waals surface area (Å²) in [5.41, 5.74) is 5.19. The minimum Gasteiger partial charge on any atom is -0.624 e. The number of hydroxylamine groups is 3. The van der Waals surface area contributed by atoms with Gasteiger partial charge in [0.25, 0.3) is 0 Å². The Bertz CT molecular complexity index is 1420. The molecule has 2 aliphatic carbocycles. The van der Waals surface area contributed by atoms with Crippen LogP contribution in [0.2, 0.25) is 18.1 Å². The molecule has 0 saturated heterocycles. The molecule has 38 heavy (non-hydrogen) atoms. The van der Waals surface area contributed by atoms with E-state index in [-0.39, 0.29) is 5.04 Å². The van der Waals surface area contributed by atoms with Crippen LogP contribution in [0.3, 0.4) is 0 Å². The second-order valence-electron chi connectivity index (χ2n) is 12.7. The predicted molar refractivity (Wildman–Crippen MR) is 160 cm³/mol. The molecular weight excluding hydrogens is 486 g/mol. The number of fused-ring (bicyclic) bond motifs is 1. The third-order valence-electron chi connectivity index (χ3n) is 7.97. The van der Waals surface area contributed by atoms with Gasteiger partial charge in [0, 0.05) is 16.7 Å². The lowest BCUT2D eigenvalue weighted by Crippen LogP contribution is -2.53. The third-order valence-corrected chi connectivity index (χ3v) is 13.5. The average molecular weight is 526 g/mol. The lowest BCUT2D eigenvalue weighted by Gasteiger charge is -2.41. The van der Waals surface area contributed by atoms with Crippen molar-refractivity contribution >= 4 is 25.2 Å². The van der Waals surface area contributed by atoms with Gasteiger partial charge in [-0.25, -0.2) is 9.58 Å². The van der Waals surface area contributed by atoms with Gasteiger partial charge < -0.3 is 10.0 Å². The van der Waals surface area contributed by atoms with E-state index >= 15 is 0 Å². The first-order valence-corrected chi connectivity index (χ1v) is 16.1. The van der Waals surface area contributed by atoms with Gasteiger partial charge in [-0.1, -0.05) is 94.5 Å². The van der Waals surface area contributed by atoms with Crippen molar-refractivity contribution in [1.82, 2.24) is 5.06 Å². The minimum atomic E-state index is -2.25. The Labute approximate surface area is 228 Å². The van der Waals surface area contributed by atoms with Crippen LogP contribution in [0, 0.1) is 11.8 Å². The molecule has 0 fully saturated rings. The number of benzene rings is 1. The molecule has 3 aliphatic rings. The molecule has 1 aliphatic heterocycles. The fourth-order valence-electron chi connectivity index (χ4n) is 5.19. The summed E-state index contributed by atoms with van der Waals surface area (Å²) in [6, 6.07) is 19.8. The maximum Gasteiger partial charge on any atom is 0.234 e. The van der Waals surface area contributed by atoms with E-state index in [0.29, 0.717) is 11.5 Å². The molecule has 1 heterocycles. The summed E-state index contributed by atoms with van der Waals surface area (Å²) in [6.07, 6.45) is 1.72. The fourth-order valence-corrected chi connectivity index (χ4v) is 7.76. The molecule has 5 nitrogen and oxygen atoms in total. The highest BCUT2D eigenvalue weighted by atomic mass is 28.3. The van der Waals surface area contributed by atoms with E-state index in [1.54, 1.807) is 6.21 Å². The lowest BCUT2D eigenvalue weighted by atomic mass is 9.96. The van der Waals surface area contributed by atoms with Crippen molar-refractivity contribution in [2.75, 3.05) is 7.05 Å². The van der Waals surface area contributed by atoms with Crippen molar-refractivity contribution in [3.63, 3.8) is 0 Å². The molecule has 0 N–H and O–H groups in total. The van der Waals surface area contributed by atoms with Crippen LogP contribution in [-0.2, 0) is 4.84 Å². The van der Waals surface area contributed by atoms with Crippen molar-refractivity contribution in [2.24, 2.45) is 0 Å². The van der Waals surface area contributed by atoms with Gasteiger partial charge in [-0.2, -0.15) is 0 Å². The topological polar surface area (TPSA) is 42.9 Å². The fraction of sp³-hybridized carbons (Fsp3) is 0.375. The van der Waals surface area contributed by atoms with Crippen LogP contribution in [0.5, 0.6) is 0 Å². The van der Waals surface area contributed by atoms with E-state index < -0.39 is 19.7 Å². The zero-order valence-corrected chi connectivity index (χ0v) is 25.1. The zero-order chi connectivity index (χ0) is 28.0. The Morgan fingerprint density at radius 3 is 2.00 bits per heavy atom. The number of nitrogens with zero attached hydrogens (tertiary/aromatic N) is 3. The van der Waals surface area contributed by atoms with Gasteiger partial charge in [0.1, 0.15) is 13.1 Å². The normalized spacial score (nSPS) is 17.6. The first kappa shape index (κ1) is 27.6. The Kier molecular flexibility index (Phi) is 7.07. The van der Waals surface area contributed by atoms with Crippen molar-refractivity contribution in [2.45, 2.75) is 71.3 Å². The summed E-state index contributed by atoms with van der Waals surface area (Å²) in [7, 11) is -0.714. The van der Waals surface area contributed by atoms with Gasteiger partial charge in [0.2, 0.25) is 5.70 Å². The average Bonchev–Trinajstić information content (AvgIpc) is 3.23. The summed E-state index contributed by atoms with van der Waals surface area (Å²) in [4.78, 5) is 10.8. The van der Waals surface area contributed by atoms with E-state index in [9.17, 15) is 5.21 Å². The second-order valence-corrected chi connectivity index (χ2v) is 17.9. The molecule has 1 aromatic carbocycles. The highest BCUT2D eigenvalue weighted by Gasteiger charge is 2.50. The van der Waals surface area contributed by atoms with Crippen molar-refractivity contribution in [3.8, 4) is 11.1 Å². The molecule has 1 unspecified atom stereocenters. The first-order chi connectivity index (χ1) is 17.7. The van der Waals surface area contributed by atoms with Gasteiger partial charge in [0.15, 0.2) is 12.0 Å². The zero-order valence-electron chi connectivity index (χ0n) is 24.1. The second kappa shape index (κ2) is 9.72. The van der Waals surface area contributed by atoms with Crippen LogP contribution in [0.25, 0.3) is 21.7 Å². The molecule has 0 spiro atoms. The molecule has 0 amide bonds. The van der Waals surface area contributed by atoms with Crippen molar-refractivity contribution < 1.29 is 9.58 Å². The van der Waals surface area contributed by atoms with Crippen LogP contribution in [0.15, 0.2) is 66.4 Å². The van der Waals surface area contributed by atoms with Gasteiger partial charge in [0.05, 0.1) is 14.6 Å². The summed E-state index contributed by atoms with van der Waals surface area (Å²) >= 11 is 0. The van der Waals surface area contributed by atoms with Crippen LogP contribution in [0.1, 0.15) is 64.3 Å². The standard InChI is InChI=1S/C32H39N3O2Si/c1-31(2,3)35-28(27(33-7)29(37-35)22-17-13-11-14-18-22)26-24-20-16-12-15-19-23(24)25(21-34(8)36)30(26)38(9,10)32(4,5)6/h11-21,28H,1-6,8-10H3/b34-21-. The molecule has 0 saturated carbocycles. The van der Waals surface area contributed by atoms with Crippen molar-refractivity contribution in [3.05, 3.63) is 99.7 Å². The van der Waals surface area contributed by atoms with Crippen LogP contribution < -0.4 is 5.19 Å². The maximum atomic E-state index is 12.6. The molecule has 4 rings (SSSR count). The van der Waals surface area contributed by atoms with Crippen LogP contribution in [0.4, 0.5) is 0 Å². The van der Waals surface area contributed by atoms with E-state index in [0.717, 1.165) is 32.6 Å². The summed E-state index contributed by atoms with van der Waals surface area (Å²) in [5, 5.41) is 15.8. The van der Waals surface area contributed by atoms with Gasteiger partial charge in [-0.3, -0.25) is 0 Å². The molecule has 0 aromatic heterocycles. The van der Waals surface area contributed by atoms with Crippen LogP contribution >= 0.6 is 0 Å². The summed E-state index contributed by atoms with van der Waals surface area (Å²) in [6.45, 7) is 26.4. The van der Waals surface area contributed by atoms with Gasteiger partial charge in [-0.15, -0.1) is 5.06 Å². The number of rotatable bonds is 4. The molecule has 198 valence electrons. The quantitative estimate of drug-likeness (QED) is 0.0888. The smallest absolute Gasteiger partial charge is 0.234 e. The highest BCUT2D eigenvalue weighted by Crippen LogP contribution is 2.51. The molecule has 0 radical (unpaired) electrons. The molecule has 6 heteroatoms. The minimum absolute atomic E-state index is 0.00533.